The number of aromatic nitrogens is 3. The Labute approximate surface area is 202 Å². The second-order valence-electron chi connectivity index (χ2n) is 9.17. The van der Waals surface area contributed by atoms with Gasteiger partial charge in [-0.3, -0.25) is 9.78 Å². The van der Waals surface area contributed by atoms with Crippen molar-refractivity contribution in [3.05, 3.63) is 83.2 Å². The molecule has 1 saturated heterocycles. The van der Waals surface area contributed by atoms with E-state index in [1.807, 2.05) is 33.9 Å². The molecule has 3 aromatic heterocycles. The van der Waals surface area contributed by atoms with Gasteiger partial charge in [-0.1, -0.05) is 17.7 Å². The van der Waals surface area contributed by atoms with Gasteiger partial charge in [0.05, 0.1) is 10.6 Å². The molecule has 0 aliphatic carbocycles. The molecule has 0 atom stereocenters. The van der Waals surface area contributed by atoms with Crippen LogP contribution in [0.3, 0.4) is 0 Å². The third kappa shape index (κ3) is 4.17. The first-order valence-electron chi connectivity index (χ1n) is 11.2. The lowest BCUT2D eigenvalue weighted by Gasteiger charge is -2.42. The van der Waals surface area contributed by atoms with Crippen molar-refractivity contribution in [1.82, 2.24) is 24.8 Å². The maximum absolute atomic E-state index is 14.3. The van der Waals surface area contributed by atoms with Gasteiger partial charge in [-0.15, -0.1) is 0 Å². The van der Waals surface area contributed by atoms with Crippen LogP contribution >= 0.6 is 11.6 Å². The van der Waals surface area contributed by atoms with Crippen molar-refractivity contribution in [2.45, 2.75) is 25.9 Å². The van der Waals surface area contributed by atoms with Gasteiger partial charge in [0, 0.05) is 55.7 Å². The summed E-state index contributed by atoms with van der Waals surface area (Å²) in [5, 5.41) is 4.26. The quantitative estimate of drug-likeness (QED) is 0.460. The lowest BCUT2D eigenvalue weighted by molar-refractivity contribution is 0.0472. The summed E-state index contributed by atoms with van der Waals surface area (Å²) in [6, 6.07) is 12.3. The van der Waals surface area contributed by atoms with E-state index in [4.69, 9.17) is 16.6 Å². The summed E-state index contributed by atoms with van der Waals surface area (Å²) in [5.74, 6) is -0.570. The van der Waals surface area contributed by atoms with Gasteiger partial charge in [-0.05, 0) is 61.4 Å². The van der Waals surface area contributed by atoms with Crippen LogP contribution in [0.4, 0.5) is 4.39 Å². The number of nitrogens with zero attached hydrogens (tertiary/aromatic N) is 4. The minimum atomic E-state index is -0.477. The first kappa shape index (κ1) is 22.5. The molecule has 1 fully saturated rings. The zero-order valence-corrected chi connectivity index (χ0v) is 19.8. The third-order valence-corrected chi connectivity index (χ3v) is 6.63. The van der Waals surface area contributed by atoms with E-state index in [1.165, 1.54) is 6.07 Å². The van der Waals surface area contributed by atoms with Crippen LogP contribution in [0.2, 0.25) is 5.02 Å². The van der Waals surface area contributed by atoms with Gasteiger partial charge in [0.1, 0.15) is 17.2 Å². The van der Waals surface area contributed by atoms with Crippen molar-refractivity contribution in [2.75, 3.05) is 19.6 Å². The molecule has 1 N–H and O–H groups in total. The molecule has 1 aliphatic rings. The van der Waals surface area contributed by atoms with Gasteiger partial charge < -0.3 is 14.8 Å². The molecule has 0 bridgehead atoms. The van der Waals surface area contributed by atoms with E-state index < -0.39 is 5.82 Å². The van der Waals surface area contributed by atoms with E-state index in [9.17, 15) is 9.18 Å². The molecule has 1 aliphatic heterocycles. The maximum Gasteiger partial charge on any atom is 0.273 e. The van der Waals surface area contributed by atoms with Gasteiger partial charge in [0.15, 0.2) is 0 Å². The molecule has 6 nitrogen and oxygen atoms in total. The SMILES string of the molecule is CC1(C)CNCCN1C(=O)c1ccc2c(-c3ccc(Cl)c(F)c3)cn(Cc3ccncc3)c2n1. The molecule has 5 rings (SSSR count). The van der Waals surface area contributed by atoms with E-state index in [0.29, 0.717) is 30.0 Å². The van der Waals surface area contributed by atoms with Crippen molar-refractivity contribution >= 4 is 28.5 Å². The Kier molecular flexibility index (Phi) is 5.83. The number of fused-ring (bicyclic) bond motifs is 1. The van der Waals surface area contributed by atoms with Crippen LogP contribution in [0.5, 0.6) is 0 Å². The Bertz CT molecular complexity index is 1370. The average Bonchev–Trinajstić information content (AvgIpc) is 3.18. The van der Waals surface area contributed by atoms with Crippen molar-refractivity contribution in [3.63, 3.8) is 0 Å². The summed E-state index contributed by atoms with van der Waals surface area (Å²) in [4.78, 5) is 24.2. The van der Waals surface area contributed by atoms with Crippen LogP contribution in [-0.4, -0.2) is 50.5 Å². The van der Waals surface area contributed by atoms with E-state index >= 15 is 0 Å². The number of rotatable bonds is 4. The molecular weight excluding hydrogens is 453 g/mol. The predicted molar refractivity (Wildman–Crippen MR) is 131 cm³/mol. The predicted octanol–water partition coefficient (Wildman–Crippen LogP) is 4.76. The highest BCUT2D eigenvalue weighted by molar-refractivity contribution is 6.30. The Morgan fingerprint density at radius 2 is 1.97 bits per heavy atom. The van der Waals surface area contributed by atoms with Crippen molar-refractivity contribution in [2.24, 2.45) is 0 Å². The van der Waals surface area contributed by atoms with E-state index in [-0.39, 0.29) is 16.5 Å². The Morgan fingerprint density at radius 1 is 1.18 bits per heavy atom. The summed E-state index contributed by atoms with van der Waals surface area (Å²) < 4.78 is 16.2. The largest absolute Gasteiger partial charge is 0.330 e. The van der Waals surface area contributed by atoms with Crippen molar-refractivity contribution < 1.29 is 9.18 Å². The topological polar surface area (TPSA) is 63.1 Å². The molecule has 0 spiro atoms. The molecule has 0 saturated carbocycles. The average molecular weight is 478 g/mol. The number of hydrogen-bond acceptors (Lipinski definition) is 4. The fourth-order valence-electron chi connectivity index (χ4n) is 4.48. The van der Waals surface area contributed by atoms with Crippen molar-refractivity contribution in [3.8, 4) is 11.1 Å². The van der Waals surface area contributed by atoms with Crippen molar-refractivity contribution in [1.29, 1.82) is 0 Å². The highest BCUT2D eigenvalue weighted by Crippen LogP contribution is 2.33. The summed E-state index contributed by atoms with van der Waals surface area (Å²) in [6.07, 6.45) is 5.43. The minimum absolute atomic E-state index is 0.0777. The first-order valence-corrected chi connectivity index (χ1v) is 11.6. The lowest BCUT2D eigenvalue weighted by atomic mass is 9.99. The van der Waals surface area contributed by atoms with Crippen LogP contribution in [0.1, 0.15) is 29.9 Å². The Balaban J connectivity index is 1.62. The van der Waals surface area contributed by atoms with Crippen LogP contribution in [0, 0.1) is 5.82 Å². The number of piperazine rings is 1. The number of benzene rings is 1. The molecule has 8 heteroatoms. The second-order valence-corrected chi connectivity index (χ2v) is 9.58. The van der Waals surface area contributed by atoms with Gasteiger partial charge in [-0.2, -0.15) is 0 Å². The fraction of sp³-hybridized carbons (Fsp3) is 0.269. The zero-order valence-electron chi connectivity index (χ0n) is 19.1. The number of halogens is 2. The van der Waals surface area contributed by atoms with Crippen LogP contribution in [0.25, 0.3) is 22.2 Å². The molecule has 34 heavy (non-hydrogen) atoms. The van der Waals surface area contributed by atoms with Crippen LogP contribution in [0.15, 0.2) is 61.1 Å². The molecule has 0 radical (unpaired) electrons. The molecule has 4 heterocycles. The first-order chi connectivity index (χ1) is 16.3. The van der Waals surface area contributed by atoms with Gasteiger partial charge in [0.25, 0.3) is 5.91 Å². The molecule has 4 aromatic rings. The van der Waals surface area contributed by atoms with Gasteiger partial charge >= 0.3 is 0 Å². The summed E-state index contributed by atoms with van der Waals surface area (Å²) in [5.41, 5.74) is 3.32. The van der Waals surface area contributed by atoms with Gasteiger partial charge in [-0.25, -0.2) is 9.37 Å². The molecular formula is C26H25ClFN5O. The van der Waals surface area contributed by atoms with Gasteiger partial charge in [0.2, 0.25) is 0 Å². The number of pyridine rings is 2. The molecule has 0 unspecified atom stereocenters. The minimum Gasteiger partial charge on any atom is -0.330 e. The third-order valence-electron chi connectivity index (χ3n) is 6.32. The van der Waals surface area contributed by atoms with Crippen LogP contribution in [-0.2, 0) is 6.54 Å². The molecule has 1 aromatic carbocycles. The van der Waals surface area contributed by atoms with E-state index in [2.05, 4.69) is 24.1 Å². The highest BCUT2D eigenvalue weighted by atomic mass is 35.5. The summed E-state index contributed by atoms with van der Waals surface area (Å²) >= 11 is 5.91. The normalized spacial score (nSPS) is 15.6. The maximum atomic E-state index is 14.3. The number of amides is 1. The van der Waals surface area contributed by atoms with E-state index in [1.54, 1.807) is 30.6 Å². The number of carbonyl (C=O) groups excluding carboxylic acids is 1. The Hall–Kier alpha value is -3.29. The van der Waals surface area contributed by atoms with Crippen LogP contribution < -0.4 is 5.32 Å². The monoisotopic (exact) mass is 477 g/mol. The number of nitrogens with one attached hydrogen (secondary N) is 1. The Morgan fingerprint density at radius 3 is 2.71 bits per heavy atom. The standard InChI is InChI=1S/C26H25ClFN5O/c1-26(2)16-30-11-12-33(26)25(34)23-6-4-19-20(18-3-5-21(27)22(28)13-18)15-32(24(19)31-23)14-17-7-9-29-10-8-17/h3-10,13,15,30H,11-12,14,16H2,1-2H3. The molecule has 174 valence electrons. The lowest BCUT2D eigenvalue weighted by Crippen LogP contribution is -2.59. The zero-order chi connectivity index (χ0) is 23.9. The number of hydrogen-bond donors (Lipinski definition) is 1. The smallest absolute Gasteiger partial charge is 0.273 e. The fourth-order valence-corrected chi connectivity index (χ4v) is 4.60. The summed E-state index contributed by atoms with van der Waals surface area (Å²) in [6.45, 7) is 6.75. The highest BCUT2D eigenvalue weighted by Gasteiger charge is 2.34. The number of carbonyl (C=O) groups is 1. The summed E-state index contributed by atoms with van der Waals surface area (Å²) in [7, 11) is 0. The van der Waals surface area contributed by atoms with E-state index in [0.717, 1.165) is 29.6 Å². The molecule has 1 amide bonds. The second kappa shape index (κ2) is 8.81.